The molecule has 0 radical (unpaired) electrons. The zero-order valence-electron chi connectivity index (χ0n) is 15.3. The van der Waals surface area contributed by atoms with E-state index in [1.54, 1.807) is 5.06 Å². The van der Waals surface area contributed by atoms with E-state index in [2.05, 4.69) is 0 Å². The Morgan fingerprint density at radius 3 is 2.38 bits per heavy atom. The van der Waals surface area contributed by atoms with Crippen molar-refractivity contribution in [2.45, 2.75) is 33.4 Å². The highest BCUT2D eigenvalue weighted by atomic mass is 16.7. The van der Waals surface area contributed by atoms with Crippen LogP contribution < -0.4 is 0 Å². The molecule has 0 fully saturated rings. The van der Waals surface area contributed by atoms with Crippen LogP contribution in [0.5, 0.6) is 5.75 Å². The molecule has 1 atom stereocenters. The number of allylic oxidation sites excluding steroid dienone is 1. The zero-order chi connectivity index (χ0) is 18.7. The number of benzene rings is 2. The Labute approximate surface area is 154 Å². The lowest BCUT2D eigenvalue weighted by Gasteiger charge is -2.22. The maximum absolute atomic E-state index is 11.8. The molecule has 1 aliphatic rings. The van der Waals surface area contributed by atoms with Crippen LogP contribution in [0.1, 0.15) is 29.2 Å². The lowest BCUT2D eigenvalue weighted by molar-refractivity contribution is -0.107. The van der Waals surface area contributed by atoms with Gasteiger partial charge in [0.05, 0.1) is 18.2 Å². The topological polar surface area (TPSA) is 49.8 Å². The molecule has 3 rings (SSSR count). The van der Waals surface area contributed by atoms with Crippen molar-refractivity contribution >= 4 is 12.0 Å². The van der Waals surface area contributed by atoms with E-state index in [-0.39, 0.29) is 6.04 Å². The van der Waals surface area contributed by atoms with Crippen molar-refractivity contribution in [2.24, 2.45) is 0 Å². The van der Waals surface area contributed by atoms with Crippen LogP contribution in [0.15, 0.2) is 60.2 Å². The minimum atomic E-state index is -0.248. The summed E-state index contributed by atoms with van der Waals surface area (Å²) >= 11 is 0. The Morgan fingerprint density at radius 1 is 1.15 bits per heavy atom. The highest BCUT2D eigenvalue weighted by Gasteiger charge is 2.34. The van der Waals surface area contributed by atoms with E-state index in [4.69, 9.17) is 4.84 Å². The van der Waals surface area contributed by atoms with Gasteiger partial charge in [0.15, 0.2) is 12.0 Å². The molecule has 2 aromatic rings. The quantitative estimate of drug-likeness (QED) is 0.645. The van der Waals surface area contributed by atoms with Crippen molar-refractivity contribution in [3.05, 3.63) is 82.4 Å². The Balaban J connectivity index is 1.95. The number of hydrogen-bond donors (Lipinski definition) is 1. The summed E-state index contributed by atoms with van der Waals surface area (Å²) in [6.07, 6.45) is 4.76. The zero-order valence-corrected chi connectivity index (χ0v) is 15.3. The highest BCUT2D eigenvalue weighted by molar-refractivity contribution is 5.89. The van der Waals surface area contributed by atoms with E-state index in [9.17, 15) is 9.90 Å². The summed E-state index contributed by atoms with van der Waals surface area (Å²) in [6.45, 7) is 6.19. The molecule has 0 aromatic heterocycles. The van der Waals surface area contributed by atoms with Gasteiger partial charge < -0.3 is 9.94 Å². The number of hydrogen-bond acceptors (Lipinski definition) is 4. The van der Waals surface area contributed by atoms with Gasteiger partial charge in [-0.2, -0.15) is 0 Å². The molecular formula is C22H23NO3. The molecule has 1 unspecified atom stereocenters. The van der Waals surface area contributed by atoms with E-state index < -0.39 is 0 Å². The van der Waals surface area contributed by atoms with E-state index in [0.29, 0.717) is 23.6 Å². The lowest BCUT2D eigenvalue weighted by Crippen LogP contribution is -2.29. The van der Waals surface area contributed by atoms with Gasteiger partial charge in [-0.05, 0) is 37.5 Å². The molecule has 0 spiro atoms. The summed E-state index contributed by atoms with van der Waals surface area (Å²) in [4.78, 5) is 17.9. The van der Waals surface area contributed by atoms with E-state index >= 15 is 0 Å². The average molecular weight is 349 g/mol. The second-order valence-electron chi connectivity index (χ2n) is 6.48. The molecular weight excluding hydrogens is 326 g/mol. The Morgan fingerprint density at radius 2 is 1.81 bits per heavy atom. The molecule has 0 amide bonds. The molecule has 4 heteroatoms. The number of aryl methyl sites for hydroxylation is 2. The first-order valence-electron chi connectivity index (χ1n) is 8.66. The number of phenolic OH excluding ortho intramolecular Hbond substituents is 1. The third-order valence-electron chi connectivity index (χ3n) is 4.53. The molecule has 2 aromatic carbocycles. The Hall–Kier alpha value is -2.85. The SMILES string of the molecule is CC=CC1C(C=O)=C(c2ccccc2)ON1Cc1cc(C)c(O)c(C)c1. The predicted octanol–water partition coefficient (Wildman–Crippen LogP) is 4.31. The number of aldehydes is 1. The molecule has 0 saturated carbocycles. The van der Waals surface area contributed by atoms with Gasteiger partial charge in [0, 0.05) is 5.56 Å². The second-order valence-corrected chi connectivity index (χ2v) is 6.48. The molecule has 1 heterocycles. The normalized spacial score (nSPS) is 17.7. The molecule has 26 heavy (non-hydrogen) atoms. The van der Waals surface area contributed by atoms with Crippen molar-refractivity contribution in [1.29, 1.82) is 0 Å². The molecule has 134 valence electrons. The summed E-state index contributed by atoms with van der Waals surface area (Å²) in [7, 11) is 0. The smallest absolute Gasteiger partial charge is 0.163 e. The van der Waals surface area contributed by atoms with Crippen LogP contribution in [0.25, 0.3) is 5.76 Å². The standard InChI is InChI=1S/C22H23NO3/c1-4-8-20-19(14-24)22(18-9-6-5-7-10-18)26-23(20)13-17-11-15(2)21(25)16(3)12-17/h4-12,14,20,25H,13H2,1-3H3. The van der Waals surface area contributed by atoms with Crippen LogP contribution in [0, 0.1) is 13.8 Å². The fraction of sp³-hybridized carbons (Fsp3) is 0.227. The van der Waals surface area contributed by atoms with Crippen molar-refractivity contribution in [1.82, 2.24) is 5.06 Å². The molecule has 0 bridgehead atoms. The monoisotopic (exact) mass is 349 g/mol. The average Bonchev–Trinajstić information content (AvgIpc) is 2.98. The molecule has 4 nitrogen and oxygen atoms in total. The number of aromatic hydroxyl groups is 1. The number of phenols is 1. The fourth-order valence-corrected chi connectivity index (χ4v) is 3.28. The van der Waals surface area contributed by atoms with Gasteiger partial charge >= 0.3 is 0 Å². The lowest BCUT2D eigenvalue weighted by atomic mass is 10.0. The van der Waals surface area contributed by atoms with Gasteiger partial charge in [-0.15, -0.1) is 5.06 Å². The van der Waals surface area contributed by atoms with Gasteiger partial charge in [0.1, 0.15) is 5.75 Å². The summed E-state index contributed by atoms with van der Waals surface area (Å²) in [5.41, 5.74) is 4.17. The first-order chi connectivity index (χ1) is 12.5. The van der Waals surface area contributed by atoms with Crippen LogP contribution >= 0.6 is 0 Å². The molecule has 0 saturated heterocycles. The van der Waals surface area contributed by atoms with E-state index in [1.165, 1.54) is 0 Å². The van der Waals surface area contributed by atoms with Gasteiger partial charge in [-0.3, -0.25) is 4.79 Å². The van der Waals surface area contributed by atoms with Gasteiger partial charge in [-0.1, -0.05) is 54.6 Å². The number of rotatable bonds is 5. The highest BCUT2D eigenvalue weighted by Crippen LogP contribution is 2.34. The summed E-state index contributed by atoms with van der Waals surface area (Å²) < 4.78 is 0. The van der Waals surface area contributed by atoms with Crippen molar-refractivity contribution in [2.75, 3.05) is 0 Å². The van der Waals surface area contributed by atoms with Gasteiger partial charge in [0.2, 0.25) is 0 Å². The van der Waals surface area contributed by atoms with Crippen LogP contribution in [-0.4, -0.2) is 22.5 Å². The third-order valence-corrected chi connectivity index (χ3v) is 4.53. The number of nitrogens with zero attached hydrogens (tertiary/aromatic N) is 1. The number of carbonyl (C=O) groups is 1. The maximum atomic E-state index is 11.8. The van der Waals surface area contributed by atoms with Crippen LogP contribution in [0.4, 0.5) is 0 Å². The summed E-state index contributed by atoms with van der Waals surface area (Å²) in [6, 6.07) is 13.3. The summed E-state index contributed by atoms with van der Waals surface area (Å²) in [5, 5.41) is 11.8. The molecule has 1 N–H and O–H groups in total. The number of carbonyl (C=O) groups excluding carboxylic acids is 1. The van der Waals surface area contributed by atoms with Crippen molar-refractivity contribution < 1.29 is 14.7 Å². The number of hydroxylamine groups is 2. The molecule has 1 aliphatic heterocycles. The van der Waals surface area contributed by atoms with Crippen LogP contribution in [0.2, 0.25) is 0 Å². The predicted molar refractivity (Wildman–Crippen MR) is 102 cm³/mol. The maximum Gasteiger partial charge on any atom is 0.163 e. The van der Waals surface area contributed by atoms with Gasteiger partial charge in [-0.25, -0.2) is 0 Å². The summed E-state index contributed by atoms with van der Waals surface area (Å²) in [5.74, 6) is 0.911. The minimum absolute atomic E-state index is 0.248. The van der Waals surface area contributed by atoms with Crippen molar-refractivity contribution in [3.8, 4) is 5.75 Å². The minimum Gasteiger partial charge on any atom is -0.507 e. The largest absolute Gasteiger partial charge is 0.507 e. The first-order valence-corrected chi connectivity index (χ1v) is 8.66. The fourth-order valence-electron chi connectivity index (χ4n) is 3.28. The van der Waals surface area contributed by atoms with Gasteiger partial charge in [0.25, 0.3) is 0 Å². The first kappa shape index (κ1) is 18.0. The Kier molecular flexibility index (Phi) is 5.24. The van der Waals surface area contributed by atoms with E-state index in [1.807, 2.05) is 75.4 Å². The van der Waals surface area contributed by atoms with Crippen molar-refractivity contribution in [3.63, 3.8) is 0 Å². The van der Waals surface area contributed by atoms with Crippen LogP contribution in [-0.2, 0) is 16.2 Å². The van der Waals surface area contributed by atoms with Crippen LogP contribution in [0.3, 0.4) is 0 Å². The Bertz CT molecular complexity index is 845. The molecule has 0 aliphatic carbocycles. The third kappa shape index (κ3) is 3.41. The van der Waals surface area contributed by atoms with E-state index in [0.717, 1.165) is 28.5 Å². The second kappa shape index (κ2) is 7.58.